The fourth-order valence-corrected chi connectivity index (χ4v) is 2.87. The van der Waals surface area contributed by atoms with Crippen molar-refractivity contribution in [2.24, 2.45) is 5.92 Å². The van der Waals surface area contributed by atoms with Crippen molar-refractivity contribution >= 4 is 22.5 Å². The topological polar surface area (TPSA) is 54.0 Å². The molecule has 1 saturated heterocycles. The third kappa shape index (κ3) is 3.79. The summed E-state index contributed by atoms with van der Waals surface area (Å²) < 4.78 is 0. The molecule has 0 atom stereocenters. The standard InChI is InChI=1S/C17H21N3O/c21-17(6-5-13-7-9-18-10-8-13)20-15-11-14-3-1-2-4-16(14)19-12-15/h1-4,11-13,18H,5-10H2,(H,20,21). The number of carbonyl (C=O) groups is 1. The lowest BCUT2D eigenvalue weighted by Crippen LogP contribution is -2.28. The molecule has 0 saturated carbocycles. The first kappa shape index (κ1) is 14.0. The minimum Gasteiger partial charge on any atom is -0.325 e. The fourth-order valence-electron chi connectivity index (χ4n) is 2.87. The van der Waals surface area contributed by atoms with Crippen LogP contribution in [0.5, 0.6) is 0 Å². The van der Waals surface area contributed by atoms with Gasteiger partial charge in [0, 0.05) is 11.8 Å². The largest absolute Gasteiger partial charge is 0.325 e. The summed E-state index contributed by atoms with van der Waals surface area (Å²) in [6.07, 6.45) is 5.67. The molecule has 1 amide bonds. The van der Waals surface area contributed by atoms with E-state index in [-0.39, 0.29) is 5.91 Å². The number of nitrogens with zero attached hydrogens (tertiary/aromatic N) is 1. The van der Waals surface area contributed by atoms with Gasteiger partial charge in [0.1, 0.15) is 0 Å². The van der Waals surface area contributed by atoms with Gasteiger partial charge in [-0.2, -0.15) is 0 Å². The molecule has 1 aromatic carbocycles. The summed E-state index contributed by atoms with van der Waals surface area (Å²) in [5, 5.41) is 7.36. The Balaban J connectivity index is 1.55. The van der Waals surface area contributed by atoms with Crippen LogP contribution < -0.4 is 10.6 Å². The van der Waals surface area contributed by atoms with Crippen LogP contribution >= 0.6 is 0 Å². The summed E-state index contributed by atoms with van der Waals surface area (Å²) >= 11 is 0. The highest BCUT2D eigenvalue weighted by Gasteiger charge is 2.14. The number of hydrogen-bond acceptors (Lipinski definition) is 3. The first-order chi connectivity index (χ1) is 10.3. The van der Waals surface area contributed by atoms with Crippen molar-refractivity contribution in [3.05, 3.63) is 36.5 Å². The number of piperidine rings is 1. The zero-order valence-corrected chi connectivity index (χ0v) is 12.1. The predicted octanol–water partition coefficient (Wildman–Crippen LogP) is 2.95. The number of amides is 1. The average Bonchev–Trinajstić information content (AvgIpc) is 2.54. The molecule has 4 heteroatoms. The van der Waals surface area contributed by atoms with Crippen molar-refractivity contribution in [1.29, 1.82) is 0 Å². The number of fused-ring (bicyclic) bond motifs is 1. The van der Waals surface area contributed by atoms with Crippen LogP contribution in [0.3, 0.4) is 0 Å². The minimum absolute atomic E-state index is 0.0885. The molecule has 1 fully saturated rings. The molecule has 1 aliphatic heterocycles. The summed E-state index contributed by atoms with van der Waals surface area (Å²) in [5.74, 6) is 0.775. The number of nitrogens with one attached hydrogen (secondary N) is 2. The van der Waals surface area contributed by atoms with Gasteiger partial charge in [-0.15, -0.1) is 0 Å². The van der Waals surface area contributed by atoms with E-state index in [1.807, 2.05) is 30.3 Å². The van der Waals surface area contributed by atoms with E-state index in [1.54, 1.807) is 6.20 Å². The molecule has 2 aromatic rings. The highest BCUT2D eigenvalue weighted by atomic mass is 16.1. The second kappa shape index (κ2) is 6.68. The number of rotatable bonds is 4. The zero-order valence-electron chi connectivity index (χ0n) is 12.1. The van der Waals surface area contributed by atoms with Gasteiger partial charge < -0.3 is 10.6 Å². The molecule has 110 valence electrons. The zero-order chi connectivity index (χ0) is 14.5. The molecule has 0 unspecified atom stereocenters. The number of pyridine rings is 1. The van der Waals surface area contributed by atoms with Gasteiger partial charge in [0.05, 0.1) is 17.4 Å². The Bertz CT molecular complexity index is 620. The lowest BCUT2D eigenvalue weighted by atomic mass is 9.93. The van der Waals surface area contributed by atoms with E-state index in [0.29, 0.717) is 12.3 Å². The molecular weight excluding hydrogens is 262 g/mol. The van der Waals surface area contributed by atoms with Crippen LogP contribution in [-0.4, -0.2) is 24.0 Å². The Morgan fingerprint density at radius 2 is 2.10 bits per heavy atom. The molecule has 0 spiro atoms. The molecule has 3 rings (SSSR count). The summed E-state index contributed by atoms with van der Waals surface area (Å²) in [5.41, 5.74) is 1.73. The average molecular weight is 283 g/mol. The molecule has 4 nitrogen and oxygen atoms in total. The third-order valence-corrected chi connectivity index (χ3v) is 4.11. The summed E-state index contributed by atoms with van der Waals surface area (Å²) in [6.45, 7) is 2.17. The molecule has 2 heterocycles. The number of carbonyl (C=O) groups excluding carboxylic acids is 1. The van der Waals surface area contributed by atoms with E-state index in [2.05, 4.69) is 15.6 Å². The van der Waals surface area contributed by atoms with Crippen LogP contribution in [0.2, 0.25) is 0 Å². The van der Waals surface area contributed by atoms with Gasteiger partial charge in [-0.1, -0.05) is 18.2 Å². The Kier molecular flexibility index (Phi) is 4.46. The van der Waals surface area contributed by atoms with Gasteiger partial charge in [-0.25, -0.2) is 0 Å². The van der Waals surface area contributed by atoms with Gasteiger partial charge in [0.15, 0.2) is 0 Å². The van der Waals surface area contributed by atoms with Crippen LogP contribution in [0, 0.1) is 5.92 Å². The summed E-state index contributed by atoms with van der Waals surface area (Å²) in [6, 6.07) is 9.90. The molecule has 21 heavy (non-hydrogen) atoms. The molecular formula is C17H21N3O. The first-order valence-electron chi connectivity index (χ1n) is 7.66. The van der Waals surface area contributed by atoms with Crippen molar-refractivity contribution in [1.82, 2.24) is 10.3 Å². The summed E-state index contributed by atoms with van der Waals surface area (Å²) in [4.78, 5) is 16.4. The normalized spacial score (nSPS) is 16.0. The fraction of sp³-hybridized carbons (Fsp3) is 0.412. The molecule has 1 aliphatic rings. The van der Waals surface area contributed by atoms with Crippen LogP contribution in [0.1, 0.15) is 25.7 Å². The molecule has 0 aliphatic carbocycles. The lowest BCUT2D eigenvalue weighted by molar-refractivity contribution is -0.116. The second-order valence-electron chi connectivity index (χ2n) is 5.70. The molecule has 0 bridgehead atoms. The smallest absolute Gasteiger partial charge is 0.224 e. The van der Waals surface area contributed by atoms with Gasteiger partial charge in [-0.05, 0) is 50.4 Å². The molecule has 0 radical (unpaired) electrons. The minimum atomic E-state index is 0.0885. The Morgan fingerprint density at radius 1 is 1.29 bits per heavy atom. The van der Waals surface area contributed by atoms with Crippen molar-refractivity contribution in [2.45, 2.75) is 25.7 Å². The van der Waals surface area contributed by atoms with E-state index >= 15 is 0 Å². The van der Waals surface area contributed by atoms with Crippen molar-refractivity contribution in [3.8, 4) is 0 Å². The van der Waals surface area contributed by atoms with Gasteiger partial charge in [0.2, 0.25) is 5.91 Å². The van der Waals surface area contributed by atoms with Crippen molar-refractivity contribution in [2.75, 3.05) is 18.4 Å². The summed E-state index contributed by atoms with van der Waals surface area (Å²) in [7, 11) is 0. The Labute approximate surface area is 125 Å². The molecule has 1 aromatic heterocycles. The van der Waals surface area contributed by atoms with Crippen LogP contribution in [0.4, 0.5) is 5.69 Å². The third-order valence-electron chi connectivity index (χ3n) is 4.11. The Morgan fingerprint density at radius 3 is 2.95 bits per heavy atom. The van der Waals surface area contributed by atoms with E-state index < -0.39 is 0 Å². The highest BCUT2D eigenvalue weighted by molar-refractivity contribution is 5.93. The number of aromatic nitrogens is 1. The van der Waals surface area contributed by atoms with Crippen LogP contribution in [0.15, 0.2) is 36.5 Å². The van der Waals surface area contributed by atoms with Gasteiger partial charge in [0.25, 0.3) is 0 Å². The highest BCUT2D eigenvalue weighted by Crippen LogP contribution is 2.19. The number of anilines is 1. The van der Waals surface area contributed by atoms with E-state index in [4.69, 9.17) is 0 Å². The number of para-hydroxylation sites is 1. The Hall–Kier alpha value is -1.94. The molecule has 2 N–H and O–H groups in total. The van der Waals surface area contributed by atoms with Gasteiger partial charge >= 0.3 is 0 Å². The maximum atomic E-state index is 12.0. The van der Waals surface area contributed by atoms with E-state index in [0.717, 1.165) is 36.1 Å². The van der Waals surface area contributed by atoms with E-state index in [9.17, 15) is 4.79 Å². The number of benzene rings is 1. The van der Waals surface area contributed by atoms with Crippen LogP contribution in [0.25, 0.3) is 10.9 Å². The van der Waals surface area contributed by atoms with Crippen LogP contribution in [-0.2, 0) is 4.79 Å². The van der Waals surface area contributed by atoms with Gasteiger partial charge in [-0.3, -0.25) is 9.78 Å². The van der Waals surface area contributed by atoms with E-state index in [1.165, 1.54) is 12.8 Å². The first-order valence-corrected chi connectivity index (χ1v) is 7.66. The monoisotopic (exact) mass is 283 g/mol. The lowest BCUT2D eigenvalue weighted by Gasteiger charge is -2.22. The quantitative estimate of drug-likeness (QED) is 0.907. The van der Waals surface area contributed by atoms with Crippen molar-refractivity contribution in [3.63, 3.8) is 0 Å². The maximum Gasteiger partial charge on any atom is 0.224 e. The second-order valence-corrected chi connectivity index (χ2v) is 5.70. The number of hydrogen-bond donors (Lipinski definition) is 2. The predicted molar refractivity (Wildman–Crippen MR) is 85.2 cm³/mol. The SMILES string of the molecule is O=C(CCC1CCNCC1)Nc1cnc2ccccc2c1. The van der Waals surface area contributed by atoms with Crippen molar-refractivity contribution < 1.29 is 4.79 Å². The maximum absolute atomic E-state index is 12.0.